The van der Waals surface area contributed by atoms with E-state index in [1.54, 1.807) is 25.3 Å². The highest BCUT2D eigenvalue weighted by atomic mass is 16.5. The van der Waals surface area contributed by atoms with Crippen LogP contribution in [0, 0.1) is 0 Å². The van der Waals surface area contributed by atoms with Gasteiger partial charge in [0.25, 0.3) is 0 Å². The second-order valence-corrected chi connectivity index (χ2v) is 6.14. The van der Waals surface area contributed by atoms with Crippen molar-refractivity contribution in [3.63, 3.8) is 0 Å². The maximum absolute atomic E-state index is 12.3. The normalized spacial score (nSPS) is 15.5. The van der Waals surface area contributed by atoms with Crippen LogP contribution >= 0.6 is 0 Å². The molecule has 0 radical (unpaired) electrons. The van der Waals surface area contributed by atoms with E-state index < -0.39 is 0 Å². The summed E-state index contributed by atoms with van der Waals surface area (Å²) in [5.74, 6) is 1.17. The first-order valence-corrected chi connectivity index (χ1v) is 8.69. The fourth-order valence-corrected chi connectivity index (χ4v) is 3.15. The first-order valence-electron chi connectivity index (χ1n) is 8.69. The lowest BCUT2D eigenvalue weighted by Gasteiger charge is -2.12. The smallest absolute Gasteiger partial charge is 0.244 e. The molecular weight excluding hydrogens is 326 g/mol. The SMILES string of the molecule is C=CCOc1ccc(/C=C/C(=O)NC2CCc3ccccc32)cc1OC. The van der Waals surface area contributed by atoms with Crippen LogP contribution in [0.5, 0.6) is 11.5 Å². The molecule has 1 unspecified atom stereocenters. The lowest BCUT2D eigenvalue weighted by Crippen LogP contribution is -2.25. The average Bonchev–Trinajstić information content (AvgIpc) is 3.08. The summed E-state index contributed by atoms with van der Waals surface area (Å²) >= 11 is 0. The number of rotatable bonds is 7. The molecule has 26 heavy (non-hydrogen) atoms. The van der Waals surface area contributed by atoms with Crippen LogP contribution in [0.3, 0.4) is 0 Å². The van der Waals surface area contributed by atoms with Gasteiger partial charge in [0.2, 0.25) is 5.91 Å². The molecule has 1 amide bonds. The molecule has 0 fully saturated rings. The maximum atomic E-state index is 12.3. The van der Waals surface area contributed by atoms with Crippen molar-refractivity contribution in [2.45, 2.75) is 18.9 Å². The summed E-state index contributed by atoms with van der Waals surface area (Å²) < 4.78 is 10.9. The van der Waals surface area contributed by atoms with Gasteiger partial charge in [0.15, 0.2) is 11.5 Å². The third kappa shape index (κ3) is 4.14. The van der Waals surface area contributed by atoms with Crippen LogP contribution in [0.2, 0.25) is 0 Å². The number of carbonyl (C=O) groups is 1. The van der Waals surface area contributed by atoms with Gasteiger partial charge in [-0.3, -0.25) is 4.79 Å². The first kappa shape index (κ1) is 17.8. The summed E-state index contributed by atoms with van der Waals surface area (Å²) in [7, 11) is 1.59. The van der Waals surface area contributed by atoms with Gasteiger partial charge >= 0.3 is 0 Å². The van der Waals surface area contributed by atoms with E-state index in [0.29, 0.717) is 18.1 Å². The molecule has 0 heterocycles. The second-order valence-electron chi connectivity index (χ2n) is 6.14. The molecule has 4 nitrogen and oxygen atoms in total. The number of amides is 1. The number of nitrogens with one attached hydrogen (secondary N) is 1. The predicted octanol–water partition coefficient (Wildman–Crippen LogP) is 4.08. The third-order valence-corrected chi connectivity index (χ3v) is 4.42. The van der Waals surface area contributed by atoms with E-state index >= 15 is 0 Å². The number of methoxy groups -OCH3 is 1. The van der Waals surface area contributed by atoms with Gasteiger partial charge in [-0.1, -0.05) is 43.0 Å². The van der Waals surface area contributed by atoms with Gasteiger partial charge < -0.3 is 14.8 Å². The minimum atomic E-state index is -0.0994. The molecule has 1 aliphatic carbocycles. The number of fused-ring (bicyclic) bond motifs is 1. The molecule has 0 aromatic heterocycles. The van der Waals surface area contributed by atoms with E-state index in [-0.39, 0.29) is 11.9 Å². The topological polar surface area (TPSA) is 47.6 Å². The van der Waals surface area contributed by atoms with Crippen molar-refractivity contribution in [3.8, 4) is 11.5 Å². The monoisotopic (exact) mass is 349 g/mol. The zero-order valence-electron chi connectivity index (χ0n) is 14.9. The fourth-order valence-electron chi connectivity index (χ4n) is 3.15. The van der Waals surface area contributed by atoms with Gasteiger partial charge in [0, 0.05) is 6.08 Å². The Hall–Kier alpha value is -3.01. The van der Waals surface area contributed by atoms with Gasteiger partial charge in [0.1, 0.15) is 6.61 Å². The highest BCUT2D eigenvalue weighted by Gasteiger charge is 2.22. The summed E-state index contributed by atoms with van der Waals surface area (Å²) in [6, 6.07) is 13.9. The van der Waals surface area contributed by atoms with Crippen molar-refractivity contribution in [2.75, 3.05) is 13.7 Å². The van der Waals surface area contributed by atoms with Crippen molar-refractivity contribution < 1.29 is 14.3 Å². The molecule has 134 valence electrons. The van der Waals surface area contributed by atoms with Crippen LogP contribution in [0.15, 0.2) is 61.2 Å². The Kier molecular flexibility index (Phi) is 5.74. The minimum absolute atomic E-state index is 0.0903. The summed E-state index contributed by atoms with van der Waals surface area (Å²) in [6.45, 7) is 4.05. The Bertz CT molecular complexity index is 826. The molecule has 0 aliphatic heterocycles. The molecule has 0 spiro atoms. The Balaban J connectivity index is 1.64. The van der Waals surface area contributed by atoms with E-state index in [2.05, 4.69) is 24.0 Å². The summed E-state index contributed by atoms with van der Waals surface area (Å²) in [4.78, 5) is 12.3. The average molecular weight is 349 g/mol. The Morgan fingerprint density at radius 3 is 2.92 bits per heavy atom. The molecule has 1 N–H and O–H groups in total. The Labute approximate surface area is 154 Å². The van der Waals surface area contributed by atoms with E-state index in [1.165, 1.54) is 11.1 Å². The standard InChI is InChI=1S/C22H23NO3/c1-3-14-26-20-12-8-16(15-21(20)25-2)9-13-22(24)23-19-11-10-17-6-4-5-7-18(17)19/h3-9,12-13,15,19H,1,10-11,14H2,2H3,(H,23,24)/b13-9+. The lowest BCUT2D eigenvalue weighted by atomic mass is 10.1. The number of aryl methyl sites for hydroxylation is 1. The van der Waals surface area contributed by atoms with Crippen molar-refractivity contribution in [1.82, 2.24) is 5.32 Å². The first-order chi connectivity index (χ1) is 12.7. The molecule has 1 atom stereocenters. The molecule has 0 saturated heterocycles. The highest BCUT2D eigenvalue weighted by Crippen LogP contribution is 2.31. The largest absolute Gasteiger partial charge is 0.493 e. The summed E-state index contributed by atoms with van der Waals surface area (Å²) in [5.41, 5.74) is 3.41. The van der Waals surface area contributed by atoms with Gasteiger partial charge in [-0.25, -0.2) is 0 Å². The summed E-state index contributed by atoms with van der Waals surface area (Å²) in [5, 5.41) is 3.08. The van der Waals surface area contributed by atoms with Crippen LogP contribution < -0.4 is 14.8 Å². The van der Waals surface area contributed by atoms with E-state index in [4.69, 9.17) is 9.47 Å². The number of hydrogen-bond donors (Lipinski definition) is 1. The van der Waals surface area contributed by atoms with Crippen LogP contribution in [0.4, 0.5) is 0 Å². The highest BCUT2D eigenvalue weighted by molar-refractivity contribution is 5.92. The van der Waals surface area contributed by atoms with Gasteiger partial charge in [-0.15, -0.1) is 0 Å². The maximum Gasteiger partial charge on any atom is 0.244 e. The van der Waals surface area contributed by atoms with Gasteiger partial charge in [0.05, 0.1) is 13.2 Å². The Morgan fingerprint density at radius 2 is 2.12 bits per heavy atom. The fraction of sp³-hybridized carbons (Fsp3) is 0.227. The molecule has 3 rings (SSSR count). The van der Waals surface area contributed by atoms with E-state index in [1.807, 2.05) is 30.3 Å². The van der Waals surface area contributed by atoms with E-state index in [0.717, 1.165) is 18.4 Å². The molecule has 2 aromatic carbocycles. The lowest BCUT2D eigenvalue weighted by molar-refractivity contribution is -0.117. The van der Waals surface area contributed by atoms with Crippen LogP contribution in [0.1, 0.15) is 29.2 Å². The van der Waals surface area contributed by atoms with Crippen molar-refractivity contribution >= 4 is 12.0 Å². The molecule has 4 heteroatoms. The van der Waals surface area contributed by atoms with Gasteiger partial charge in [-0.2, -0.15) is 0 Å². The third-order valence-electron chi connectivity index (χ3n) is 4.42. The molecule has 2 aromatic rings. The Morgan fingerprint density at radius 1 is 1.27 bits per heavy atom. The van der Waals surface area contributed by atoms with E-state index in [9.17, 15) is 4.79 Å². The van der Waals surface area contributed by atoms with Crippen molar-refractivity contribution in [3.05, 3.63) is 77.9 Å². The molecular formula is C22H23NO3. The second kappa shape index (κ2) is 8.39. The molecule has 0 saturated carbocycles. The number of ether oxygens (including phenoxy) is 2. The zero-order valence-corrected chi connectivity index (χ0v) is 14.9. The van der Waals surface area contributed by atoms with Crippen molar-refractivity contribution in [1.29, 1.82) is 0 Å². The van der Waals surface area contributed by atoms with Gasteiger partial charge in [-0.05, 0) is 47.7 Å². The number of benzene rings is 2. The number of carbonyl (C=O) groups excluding carboxylic acids is 1. The van der Waals surface area contributed by atoms with Crippen LogP contribution in [-0.2, 0) is 11.2 Å². The van der Waals surface area contributed by atoms with Crippen molar-refractivity contribution in [2.24, 2.45) is 0 Å². The van der Waals surface area contributed by atoms with Crippen LogP contribution in [-0.4, -0.2) is 19.6 Å². The minimum Gasteiger partial charge on any atom is -0.493 e. The van der Waals surface area contributed by atoms with Crippen LogP contribution in [0.25, 0.3) is 6.08 Å². The predicted molar refractivity (Wildman–Crippen MR) is 103 cm³/mol. The quantitative estimate of drug-likeness (QED) is 0.605. The molecule has 0 bridgehead atoms. The number of hydrogen-bond acceptors (Lipinski definition) is 3. The zero-order chi connectivity index (χ0) is 18.4. The summed E-state index contributed by atoms with van der Waals surface area (Å²) in [6.07, 6.45) is 6.96. The molecule has 1 aliphatic rings.